The van der Waals surface area contributed by atoms with Gasteiger partial charge in [-0.1, -0.05) is 188 Å². The van der Waals surface area contributed by atoms with Crippen molar-refractivity contribution in [1.29, 1.82) is 0 Å². The molecule has 0 saturated carbocycles. The summed E-state index contributed by atoms with van der Waals surface area (Å²) >= 11 is 30.7. The molecule has 49 heavy (non-hydrogen) atoms. The van der Waals surface area contributed by atoms with Gasteiger partial charge in [0, 0.05) is 35.8 Å². The lowest BCUT2D eigenvalue weighted by molar-refractivity contribution is 0.00337. The summed E-state index contributed by atoms with van der Waals surface area (Å²) in [4.78, 5) is 0. The molecule has 1 saturated heterocycles. The summed E-state index contributed by atoms with van der Waals surface area (Å²) in [6, 6.07) is 46.0. The molecule has 7 rings (SSSR count). The molecule has 11 heteroatoms. The van der Waals surface area contributed by atoms with Crippen molar-refractivity contribution in [3.63, 3.8) is 0 Å². The smallest absolute Gasteiger partial charge is 0.369 e. The molecule has 6 aromatic rings. The molecule has 2 nitrogen and oxygen atoms in total. The molecule has 0 spiro atoms. The first kappa shape index (κ1) is 36.6. The number of benzene rings is 6. The van der Waals surface area contributed by atoms with Gasteiger partial charge in [-0.15, -0.1) is 0 Å². The zero-order valence-electron chi connectivity index (χ0n) is 25.0. The summed E-state index contributed by atoms with van der Waals surface area (Å²) < 4.78 is 23.5. The van der Waals surface area contributed by atoms with Crippen LogP contribution in [0, 0.1) is 0 Å². The second kappa shape index (κ2) is 14.6. The highest BCUT2D eigenvalue weighted by molar-refractivity contribution is 9.12. The standard InChI is InChI=1S/C38H22Br8O2Si/c39-27-11-23(12-28(40)19-27)37(24-13-29(41)20-30(42)14-24)38(25-15-31(43)21-32(44)16-25,26-17-33(45)22-34(46)18-26)48-49(47-37,35-7-3-1-4-8-35)36-9-5-2-6-10-36/h1-22H. The van der Waals surface area contributed by atoms with Gasteiger partial charge in [0.25, 0.3) is 0 Å². The van der Waals surface area contributed by atoms with Gasteiger partial charge in [0.1, 0.15) is 11.2 Å². The average Bonchev–Trinajstić information content (AvgIpc) is 3.39. The molecule has 1 aliphatic heterocycles. The first-order valence-corrected chi connectivity index (χ1v) is 23.0. The second-order valence-electron chi connectivity index (χ2n) is 11.5. The highest BCUT2D eigenvalue weighted by Crippen LogP contribution is 2.62. The predicted molar refractivity (Wildman–Crippen MR) is 229 cm³/mol. The van der Waals surface area contributed by atoms with Crippen LogP contribution in [-0.4, -0.2) is 8.56 Å². The maximum Gasteiger partial charge on any atom is 0.409 e. The molecule has 6 aromatic carbocycles. The minimum atomic E-state index is -3.65. The molecule has 0 aromatic heterocycles. The van der Waals surface area contributed by atoms with Crippen LogP contribution in [0.15, 0.2) is 169 Å². The van der Waals surface area contributed by atoms with Crippen LogP contribution in [0.5, 0.6) is 0 Å². The third-order valence-corrected chi connectivity index (χ3v) is 15.5. The Kier molecular flexibility index (Phi) is 10.9. The molecule has 0 unspecified atom stereocenters. The van der Waals surface area contributed by atoms with Gasteiger partial charge < -0.3 is 8.85 Å². The number of halogens is 8. The Balaban J connectivity index is 1.78. The SMILES string of the molecule is Brc1cc(Br)cc(C2(c3cc(Br)cc(Br)c3)O[Si](c3ccccc3)(c3ccccc3)OC2(c2cc(Br)cc(Br)c2)c2cc(Br)cc(Br)c2)c1. The van der Waals surface area contributed by atoms with Crippen LogP contribution >= 0.6 is 127 Å². The Hall–Kier alpha value is -0.703. The fourth-order valence-electron chi connectivity index (χ4n) is 6.72. The van der Waals surface area contributed by atoms with Crippen LogP contribution in [0.4, 0.5) is 0 Å². The summed E-state index contributed by atoms with van der Waals surface area (Å²) in [6.45, 7) is 0. The van der Waals surface area contributed by atoms with Crippen molar-refractivity contribution in [3.8, 4) is 0 Å². The predicted octanol–water partition coefficient (Wildman–Crippen LogP) is 13.3. The van der Waals surface area contributed by atoms with E-state index in [2.05, 4.69) is 225 Å². The molecule has 0 atom stereocenters. The van der Waals surface area contributed by atoms with Crippen molar-refractivity contribution in [2.45, 2.75) is 11.2 Å². The van der Waals surface area contributed by atoms with E-state index in [4.69, 9.17) is 8.85 Å². The summed E-state index contributed by atoms with van der Waals surface area (Å²) in [5.74, 6) is 0. The number of hydrogen-bond acceptors (Lipinski definition) is 2. The van der Waals surface area contributed by atoms with E-state index in [1.165, 1.54) is 0 Å². The molecule has 1 fully saturated rings. The minimum Gasteiger partial charge on any atom is -0.369 e. The fourth-order valence-corrected chi connectivity index (χ4v) is 15.6. The third kappa shape index (κ3) is 6.71. The van der Waals surface area contributed by atoms with Gasteiger partial charge in [0.15, 0.2) is 0 Å². The van der Waals surface area contributed by atoms with Crippen LogP contribution in [0.2, 0.25) is 0 Å². The summed E-state index contributed by atoms with van der Waals surface area (Å²) in [5.41, 5.74) is 1.01. The Morgan fingerprint density at radius 1 is 0.327 bits per heavy atom. The van der Waals surface area contributed by atoms with Crippen molar-refractivity contribution in [2.24, 2.45) is 0 Å². The normalized spacial score (nSPS) is 16.1. The van der Waals surface area contributed by atoms with Crippen molar-refractivity contribution < 1.29 is 8.85 Å². The maximum absolute atomic E-state index is 8.16. The summed E-state index contributed by atoms with van der Waals surface area (Å²) in [6.07, 6.45) is 0. The molecule has 0 radical (unpaired) electrons. The topological polar surface area (TPSA) is 18.5 Å². The lowest BCUT2D eigenvalue weighted by atomic mass is 9.66. The van der Waals surface area contributed by atoms with Gasteiger partial charge in [-0.3, -0.25) is 0 Å². The van der Waals surface area contributed by atoms with Crippen molar-refractivity contribution >= 4 is 146 Å². The van der Waals surface area contributed by atoms with Gasteiger partial charge in [0.05, 0.1) is 0 Å². The van der Waals surface area contributed by atoms with E-state index in [0.29, 0.717) is 0 Å². The van der Waals surface area contributed by atoms with Gasteiger partial charge in [0.2, 0.25) is 0 Å². The molecule has 246 valence electrons. The molecule has 0 amide bonds. The zero-order valence-corrected chi connectivity index (χ0v) is 38.7. The van der Waals surface area contributed by atoms with Crippen molar-refractivity contribution in [3.05, 3.63) is 191 Å². The van der Waals surface area contributed by atoms with Crippen LogP contribution in [0.25, 0.3) is 0 Å². The second-order valence-corrected chi connectivity index (χ2v) is 21.7. The monoisotopic (exact) mass is 1170 g/mol. The van der Waals surface area contributed by atoms with E-state index in [1.54, 1.807) is 0 Å². The lowest BCUT2D eigenvalue weighted by Gasteiger charge is -2.46. The quantitative estimate of drug-likeness (QED) is 0.155. The Morgan fingerprint density at radius 3 is 0.776 bits per heavy atom. The zero-order chi connectivity index (χ0) is 34.6. The van der Waals surface area contributed by atoms with E-state index in [9.17, 15) is 0 Å². The van der Waals surface area contributed by atoms with E-state index >= 15 is 0 Å². The Bertz CT molecular complexity index is 1860. The number of rotatable bonds is 6. The maximum atomic E-state index is 8.16. The molecule has 1 heterocycles. The third-order valence-electron chi connectivity index (χ3n) is 8.47. The van der Waals surface area contributed by atoms with Gasteiger partial charge >= 0.3 is 8.56 Å². The van der Waals surface area contributed by atoms with Crippen LogP contribution < -0.4 is 10.4 Å². The first-order chi connectivity index (χ1) is 23.4. The first-order valence-electron chi connectivity index (χ1n) is 14.8. The van der Waals surface area contributed by atoms with Gasteiger partial charge in [-0.05, 0) is 105 Å². The highest BCUT2D eigenvalue weighted by atomic mass is 79.9. The lowest BCUT2D eigenvalue weighted by Crippen LogP contribution is -2.61. The summed E-state index contributed by atoms with van der Waals surface area (Å²) in [7, 11) is -3.65. The molecule has 0 N–H and O–H groups in total. The highest BCUT2D eigenvalue weighted by Gasteiger charge is 2.72. The largest absolute Gasteiger partial charge is 0.409 e. The van der Waals surface area contributed by atoms with Crippen LogP contribution in [-0.2, 0) is 20.1 Å². The molecule has 0 aliphatic carbocycles. The molecular formula is C38H22Br8O2Si. The minimum absolute atomic E-state index is 0.896. The van der Waals surface area contributed by atoms with Crippen LogP contribution in [0.1, 0.15) is 22.3 Å². The van der Waals surface area contributed by atoms with E-state index in [-0.39, 0.29) is 0 Å². The van der Waals surface area contributed by atoms with Gasteiger partial charge in [-0.2, -0.15) is 0 Å². The fraction of sp³-hybridized carbons (Fsp3) is 0.0526. The molecule has 1 aliphatic rings. The van der Waals surface area contributed by atoms with Crippen molar-refractivity contribution in [2.75, 3.05) is 0 Å². The Labute approximate surface area is 353 Å². The van der Waals surface area contributed by atoms with Crippen LogP contribution in [0.3, 0.4) is 0 Å². The average molecular weight is 1180 g/mol. The molecule has 0 bridgehead atoms. The number of hydrogen-bond donors (Lipinski definition) is 0. The van der Waals surface area contributed by atoms with E-state index in [1.807, 2.05) is 36.4 Å². The molecular weight excluding hydrogens is 1160 g/mol. The van der Waals surface area contributed by atoms with E-state index < -0.39 is 19.8 Å². The Morgan fingerprint density at radius 2 is 0.551 bits per heavy atom. The van der Waals surface area contributed by atoms with Gasteiger partial charge in [-0.25, -0.2) is 0 Å². The summed E-state index contributed by atoms with van der Waals surface area (Å²) in [5, 5.41) is 1.97. The van der Waals surface area contributed by atoms with E-state index in [0.717, 1.165) is 68.4 Å². The van der Waals surface area contributed by atoms with Crippen molar-refractivity contribution in [1.82, 2.24) is 0 Å².